The number of nitrogens with one attached hydrogen (secondary N) is 1. The van der Waals surface area contributed by atoms with Crippen LogP contribution in [0.2, 0.25) is 0 Å². The quantitative estimate of drug-likeness (QED) is 0.568. The van der Waals surface area contributed by atoms with E-state index in [4.69, 9.17) is 0 Å². The smallest absolute Gasteiger partial charge is 0.0767 e. The van der Waals surface area contributed by atoms with Gasteiger partial charge in [-0.25, -0.2) is 0 Å². The van der Waals surface area contributed by atoms with Gasteiger partial charge in [-0.3, -0.25) is 0 Å². The summed E-state index contributed by atoms with van der Waals surface area (Å²) in [6.07, 6.45) is 3.75. The van der Waals surface area contributed by atoms with Crippen molar-refractivity contribution in [1.82, 2.24) is 9.36 Å². The van der Waals surface area contributed by atoms with Crippen LogP contribution in [0.15, 0.2) is 18.5 Å². The van der Waals surface area contributed by atoms with Crippen molar-refractivity contribution in [2.75, 3.05) is 0 Å². The van der Waals surface area contributed by atoms with Crippen LogP contribution in [0.4, 0.5) is 0 Å². The maximum absolute atomic E-state index is 3.97. The molecular formula is C5H4N2S. The Morgan fingerprint density at radius 1 is 1.62 bits per heavy atom. The molecule has 0 fully saturated rings. The van der Waals surface area contributed by atoms with E-state index < -0.39 is 0 Å². The number of aromatic amines is 1. The van der Waals surface area contributed by atoms with Gasteiger partial charge in [-0.2, -0.15) is 4.37 Å². The number of nitrogens with zero attached hydrogens (tertiary/aromatic N) is 1. The van der Waals surface area contributed by atoms with E-state index in [1.54, 1.807) is 0 Å². The second kappa shape index (κ2) is 1.32. The number of hydrogen-bond donors (Lipinski definition) is 1. The average Bonchev–Trinajstić information content (AvgIpc) is 2.15. The van der Waals surface area contributed by atoms with Gasteiger partial charge in [0.15, 0.2) is 0 Å². The van der Waals surface area contributed by atoms with Crippen LogP contribution >= 0.6 is 11.5 Å². The lowest BCUT2D eigenvalue weighted by molar-refractivity contribution is 1.45. The molecule has 0 radical (unpaired) electrons. The summed E-state index contributed by atoms with van der Waals surface area (Å²) in [4.78, 5) is 3.05. The largest absolute Gasteiger partial charge is 0.359 e. The first-order valence-electron chi connectivity index (χ1n) is 2.34. The van der Waals surface area contributed by atoms with Gasteiger partial charge in [0.05, 0.1) is 16.4 Å². The fourth-order valence-corrected chi connectivity index (χ4v) is 1.29. The Bertz CT molecular complexity index is 232. The Morgan fingerprint density at radius 2 is 2.62 bits per heavy atom. The molecule has 0 amide bonds. The fraction of sp³-hybridized carbons (Fsp3) is 0. The highest BCUT2D eigenvalue weighted by atomic mass is 32.1. The van der Waals surface area contributed by atoms with Gasteiger partial charge in [0.25, 0.3) is 0 Å². The Balaban J connectivity index is 3.06. The minimum Gasteiger partial charge on any atom is -0.359 e. The summed E-state index contributed by atoms with van der Waals surface area (Å²) in [6.45, 7) is 0. The molecule has 0 aliphatic heterocycles. The predicted molar refractivity (Wildman–Crippen MR) is 34.0 cm³/mol. The molecule has 0 unspecified atom stereocenters. The van der Waals surface area contributed by atoms with Crippen LogP contribution in [0.1, 0.15) is 0 Å². The Hall–Kier alpha value is -0.830. The van der Waals surface area contributed by atoms with Crippen molar-refractivity contribution in [3.8, 4) is 0 Å². The van der Waals surface area contributed by atoms with Crippen molar-refractivity contribution < 1.29 is 0 Å². The van der Waals surface area contributed by atoms with Crippen molar-refractivity contribution in [3.63, 3.8) is 0 Å². The molecule has 0 saturated carbocycles. The van der Waals surface area contributed by atoms with Gasteiger partial charge in [0.1, 0.15) is 0 Å². The van der Waals surface area contributed by atoms with Crippen molar-refractivity contribution in [2.45, 2.75) is 0 Å². The Labute approximate surface area is 50.3 Å². The summed E-state index contributed by atoms with van der Waals surface area (Å²) in [5.74, 6) is 0. The first-order chi connectivity index (χ1) is 3.97. The lowest BCUT2D eigenvalue weighted by Crippen LogP contribution is -1.52. The molecule has 2 nitrogen and oxygen atoms in total. The molecule has 0 atom stereocenters. The molecule has 2 aromatic rings. The molecule has 3 heteroatoms. The van der Waals surface area contributed by atoms with Crippen LogP contribution < -0.4 is 0 Å². The van der Waals surface area contributed by atoms with E-state index in [0.717, 1.165) is 5.52 Å². The first-order valence-corrected chi connectivity index (χ1v) is 3.12. The van der Waals surface area contributed by atoms with E-state index in [-0.39, 0.29) is 0 Å². The van der Waals surface area contributed by atoms with Gasteiger partial charge in [0.2, 0.25) is 0 Å². The zero-order chi connectivity index (χ0) is 5.40. The molecular weight excluding hydrogens is 120 g/mol. The molecule has 2 aromatic heterocycles. The molecule has 2 heterocycles. The highest BCUT2D eigenvalue weighted by molar-refractivity contribution is 7.13. The maximum atomic E-state index is 3.97. The minimum absolute atomic E-state index is 1.13. The van der Waals surface area contributed by atoms with Crippen LogP contribution in [0.3, 0.4) is 0 Å². The minimum atomic E-state index is 1.13. The third kappa shape index (κ3) is 0.391. The van der Waals surface area contributed by atoms with Crippen molar-refractivity contribution >= 4 is 21.7 Å². The highest BCUT2D eigenvalue weighted by Crippen LogP contribution is 2.14. The lowest BCUT2D eigenvalue weighted by Gasteiger charge is -1.64. The molecule has 0 spiro atoms. The van der Waals surface area contributed by atoms with Gasteiger partial charge in [0, 0.05) is 6.20 Å². The fourth-order valence-electron chi connectivity index (χ4n) is 0.684. The summed E-state index contributed by atoms with van der Waals surface area (Å²) >= 11 is 1.51. The maximum Gasteiger partial charge on any atom is 0.0767 e. The molecule has 0 bridgehead atoms. The molecule has 0 aliphatic rings. The van der Waals surface area contributed by atoms with Gasteiger partial charge in [-0.05, 0) is 17.6 Å². The molecule has 1 N–H and O–H groups in total. The zero-order valence-electron chi connectivity index (χ0n) is 4.09. The van der Waals surface area contributed by atoms with Gasteiger partial charge < -0.3 is 4.98 Å². The predicted octanol–water partition coefficient (Wildman–Crippen LogP) is 1.62. The highest BCUT2D eigenvalue weighted by Gasteiger charge is 1.91. The van der Waals surface area contributed by atoms with Crippen LogP contribution in [-0.2, 0) is 0 Å². The summed E-state index contributed by atoms with van der Waals surface area (Å²) in [5, 5.41) is 0. The summed E-state index contributed by atoms with van der Waals surface area (Å²) in [6, 6.07) is 2.02. The van der Waals surface area contributed by atoms with Crippen molar-refractivity contribution in [2.24, 2.45) is 0 Å². The number of hydrogen-bond acceptors (Lipinski definition) is 2. The van der Waals surface area contributed by atoms with Crippen molar-refractivity contribution in [1.29, 1.82) is 0 Å². The Morgan fingerprint density at radius 3 is 3.50 bits per heavy atom. The number of fused-ring (bicyclic) bond motifs is 1. The molecule has 40 valence electrons. The molecule has 2 rings (SSSR count). The van der Waals surface area contributed by atoms with E-state index in [9.17, 15) is 0 Å². The number of rotatable bonds is 0. The molecule has 8 heavy (non-hydrogen) atoms. The van der Waals surface area contributed by atoms with E-state index in [1.807, 2.05) is 18.5 Å². The van der Waals surface area contributed by atoms with E-state index >= 15 is 0 Å². The average molecular weight is 124 g/mol. The van der Waals surface area contributed by atoms with Crippen molar-refractivity contribution in [3.05, 3.63) is 18.5 Å². The van der Waals surface area contributed by atoms with Crippen LogP contribution in [-0.4, -0.2) is 9.36 Å². The third-order valence-corrected chi connectivity index (χ3v) is 1.84. The third-order valence-electron chi connectivity index (χ3n) is 1.07. The Kier molecular flexibility index (Phi) is 0.676. The van der Waals surface area contributed by atoms with Gasteiger partial charge in [-0.1, -0.05) is 0 Å². The zero-order valence-corrected chi connectivity index (χ0v) is 4.90. The van der Waals surface area contributed by atoms with Crippen LogP contribution in [0.5, 0.6) is 0 Å². The topological polar surface area (TPSA) is 28.7 Å². The van der Waals surface area contributed by atoms with E-state index in [2.05, 4.69) is 9.36 Å². The van der Waals surface area contributed by atoms with E-state index in [1.165, 1.54) is 16.2 Å². The van der Waals surface area contributed by atoms with Gasteiger partial charge >= 0.3 is 0 Å². The second-order valence-corrected chi connectivity index (χ2v) is 2.41. The number of H-pyrrole nitrogens is 1. The van der Waals surface area contributed by atoms with E-state index in [0.29, 0.717) is 0 Å². The molecule has 0 saturated heterocycles. The van der Waals surface area contributed by atoms with Gasteiger partial charge in [-0.15, -0.1) is 0 Å². The summed E-state index contributed by atoms with van der Waals surface area (Å²) < 4.78 is 5.20. The van der Waals surface area contributed by atoms with Crippen LogP contribution in [0, 0.1) is 0 Å². The van der Waals surface area contributed by atoms with Crippen LogP contribution in [0.25, 0.3) is 10.2 Å². The monoisotopic (exact) mass is 124 g/mol. The summed E-state index contributed by atoms with van der Waals surface area (Å²) in [5.41, 5.74) is 1.13. The SMILES string of the molecule is c1cc2sncc2[nH]1. The second-order valence-electron chi connectivity index (χ2n) is 1.58. The first kappa shape index (κ1) is 4.09. The normalized spacial score (nSPS) is 10.5. The lowest BCUT2D eigenvalue weighted by atomic mass is 10.6. The number of aromatic nitrogens is 2. The standard InChI is InChI=1S/C5H4N2S/c1-2-6-4-3-7-8-5(1)4/h1-3,6H. The molecule has 0 aliphatic carbocycles. The molecule has 0 aromatic carbocycles. The summed E-state index contributed by atoms with van der Waals surface area (Å²) in [7, 11) is 0.